The molecule has 21 heavy (non-hydrogen) atoms. The largest absolute Gasteiger partial charge is 0.356 e. The fourth-order valence-electron chi connectivity index (χ4n) is 1.87. The predicted molar refractivity (Wildman–Crippen MR) is 85.3 cm³/mol. The van der Waals surface area contributed by atoms with Crippen LogP contribution in [0, 0.1) is 0 Å². The normalized spacial score (nSPS) is 10.2. The third kappa shape index (κ3) is 8.35. The van der Waals surface area contributed by atoms with Crippen molar-refractivity contribution in [3.05, 3.63) is 34.9 Å². The number of unbranched alkanes of at least 4 members (excludes halogenated alkanes) is 2. The Morgan fingerprint density at radius 1 is 1.00 bits per heavy atom. The van der Waals surface area contributed by atoms with E-state index in [-0.39, 0.29) is 18.2 Å². The van der Waals surface area contributed by atoms with Crippen LogP contribution in [-0.2, 0) is 16.0 Å². The molecular formula is C16H23ClN2O2. The molecule has 2 amide bonds. The molecule has 0 saturated carbocycles. The van der Waals surface area contributed by atoms with Crippen molar-refractivity contribution in [2.75, 3.05) is 13.1 Å². The van der Waals surface area contributed by atoms with Crippen LogP contribution in [0.3, 0.4) is 0 Å². The van der Waals surface area contributed by atoms with Crippen LogP contribution in [0.2, 0.25) is 5.02 Å². The molecule has 0 unspecified atom stereocenters. The van der Waals surface area contributed by atoms with E-state index in [1.807, 2.05) is 24.3 Å². The highest BCUT2D eigenvalue weighted by Crippen LogP contribution is 2.09. The second kappa shape index (κ2) is 10.2. The Labute approximate surface area is 131 Å². The first kappa shape index (κ1) is 17.5. The average Bonchev–Trinajstić information content (AvgIpc) is 2.46. The molecule has 0 aliphatic carbocycles. The molecule has 0 aliphatic rings. The third-order valence-electron chi connectivity index (χ3n) is 3.07. The summed E-state index contributed by atoms with van der Waals surface area (Å²) in [5, 5.41) is 6.19. The van der Waals surface area contributed by atoms with Gasteiger partial charge in [0.15, 0.2) is 0 Å². The fraction of sp³-hybridized carbons (Fsp3) is 0.500. The predicted octanol–water partition coefficient (Wildman–Crippen LogP) is 2.70. The minimum absolute atomic E-state index is 0.104. The number of hydrogen-bond acceptors (Lipinski definition) is 2. The van der Waals surface area contributed by atoms with Crippen molar-refractivity contribution >= 4 is 23.4 Å². The Balaban J connectivity index is 2.13. The summed E-state index contributed by atoms with van der Waals surface area (Å²) in [5.74, 6) is -0.452. The summed E-state index contributed by atoms with van der Waals surface area (Å²) in [7, 11) is 0. The SMILES string of the molecule is CCCCCNC(=O)CC(=O)NCCc1ccc(Cl)cc1. The lowest BCUT2D eigenvalue weighted by Gasteiger charge is -2.06. The maximum atomic E-state index is 11.6. The van der Waals surface area contributed by atoms with Crippen LogP contribution >= 0.6 is 11.6 Å². The summed E-state index contributed by atoms with van der Waals surface area (Å²) < 4.78 is 0. The molecule has 0 radical (unpaired) electrons. The van der Waals surface area contributed by atoms with E-state index in [0.717, 1.165) is 31.2 Å². The lowest BCUT2D eigenvalue weighted by Crippen LogP contribution is -2.33. The van der Waals surface area contributed by atoms with Crippen LogP contribution in [0.25, 0.3) is 0 Å². The first-order valence-corrected chi connectivity index (χ1v) is 7.77. The maximum Gasteiger partial charge on any atom is 0.229 e. The Morgan fingerprint density at radius 3 is 2.24 bits per heavy atom. The second-order valence-electron chi connectivity index (χ2n) is 4.96. The number of nitrogens with one attached hydrogen (secondary N) is 2. The molecule has 0 atom stereocenters. The summed E-state index contributed by atoms with van der Waals surface area (Å²) in [4.78, 5) is 23.1. The van der Waals surface area contributed by atoms with E-state index >= 15 is 0 Å². The quantitative estimate of drug-likeness (QED) is 0.544. The van der Waals surface area contributed by atoms with E-state index in [1.165, 1.54) is 0 Å². The molecular weight excluding hydrogens is 288 g/mol. The van der Waals surface area contributed by atoms with Gasteiger partial charge in [-0.2, -0.15) is 0 Å². The van der Waals surface area contributed by atoms with Gasteiger partial charge in [0.1, 0.15) is 6.42 Å². The summed E-state index contributed by atoms with van der Waals surface area (Å²) in [6, 6.07) is 7.49. The van der Waals surface area contributed by atoms with Crippen LogP contribution in [0.4, 0.5) is 0 Å². The van der Waals surface area contributed by atoms with Gasteiger partial charge < -0.3 is 10.6 Å². The average molecular weight is 311 g/mol. The van der Waals surface area contributed by atoms with Crippen LogP contribution in [0.15, 0.2) is 24.3 Å². The van der Waals surface area contributed by atoms with Gasteiger partial charge in [-0.05, 0) is 30.5 Å². The van der Waals surface area contributed by atoms with Gasteiger partial charge in [-0.25, -0.2) is 0 Å². The fourth-order valence-corrected chi connectivity index (χ4v) is 2.00. The molecule has 0 heterocycles. The topological polar surface area (TPSA) is 58.2 Å². The number of carbonyl (C=O) groups is 2. The van der Waals surface area contributed by atoms with Gasteiger partial charge in [0.2, 0.25) is 11.8 Å². The van der Waals surface area contributed by atoms with Crippen molar-refractivity contribution in [3.63, 3.8) is 0 Å². The van der Waals surface area contributed by atoms with Crippen LogP contribution < -0.4 is 10.6 Å². The van der Waals surface area contributed by atoms with E-state index in [4.69, 9.17) is 11.6 Å². The van der Waals surface area contributed by atoms with Gasteiger partial charge in [-0.3, -0.25) is 9.59 Å². The molecule has 0 saturated heterocycles. The molecule has 1 rings (SSSR count). The minimum Gasteiger partial charge on any atom is -0.356 e. The summed E-state index contributed by atoms with van der Waals surface area (Å²) in [6.07, 6.45) is 3.78. The molecule has 0 bridgehead atoms. The van der Waals surface area contributed by atoms with Crippen molar-refractivity contribution in [3.8, 4) is 0 Å². The number of halogens is 1. The van der Waals surface area contributed by atoms with E-state index in [0.29, 0.717) is 18.1 Å². The minimum atomic E-state index is -0.239. The van der Waals surface area contributed by atoms with E-state index in [2.05, 4.69) is 17.6 Å². The summed E-state index contributed by atoms with van der Waals surface area (Å²) in [6.45, 7) is 3.27. The highest BCUT2D eigenvalue weighted by atomic mass is 35.5. The van der Waals surface area contributed by atoms with Crippen molar-refractivity contribution in [2.45, 2.75) is 39.0 Å². The molecule has 1 aromatic rings. The number of carbonyl (C=O) groups excluding carboxylic acids is 2. The Kier molecular flexibility index (Phi) is 8.51. The Morgan fingerprint density at radius 2 is 1.62 bits per heavy atom. The molecule has 2 N–H and O–H groups in total. The monoisotopic (exact) mass is 310 g/mol. The first-order valence-electron chi connectivity index (χ1n) is 7.39. The zero-order valence-corrected chi connectivity index (χ0v) is 13.2. The molecule has 1 aromatic carbocycles. The smallest absolute Gasteiger partial charge is 0.229 e. The highest BCUT2D eigenvalue weighted by molar-refractivity contribution is 6.30. The van der Waals surface area contributed by atoms with Gasteiger partial charge in [0.25, 0.3) is 0 Å². The number of amides is 2. The third-order valence-corrected chi connectivity index (χ3v) is 3.32. The van der Waals surface area contributed by atoms with Gasteiger partial charge >= 0.3 is 0 Å². The van der Waals surface area contributed by atoms with E-state index in [1.54, 1.807) is 0 Å². The summed E-state index contributed by atoms with van der Waals surface area (Å²) >= 11 is 5.80. The summed E-state index contributed by atoms with van der Waals surface area (Å²) in [5.41, 5.74) is 1.10. The molecule has 0 aromatic heterocycles. The van der Waals surface area contributed by atoms with Crippen molar-refractivity contribution < 1.29 is 9.59 Å². The van der Waals surface area contributed by atoms with Crippen molar-refractivity contribution in [1.29, 1.82) is 0 Å². The van der Waals surface area contributed by atoms with Crippen molar-refractivity contribution in [2.24, 2.45) is 0 Å². The molecule has 116 valence electrons. The highest BCUT2D eigenvalue weighted by Gasteiger charge is 2.08. The van der Waals surface area contributed by atoms with Gasteiger partial charge in [0.05, 0.1) is 0 Å². The molecule has 4 nitrogen and oxygen atoms in total. The van der Waals surface area contributed by atoms with Gasteiger partial charge in [-0.15, -0.1) is 0 Å². The second-order valence-corrected chi connectivity index (χ2v) is 5.40. The number of hydrogen-bond donors (Lipinski definition) is 2. The van der Waals surface area contributed by atoms with Gasteiger partial charge in [0, 0.05) is 18.1 Å². The number of benzene rings is 1. The zero-order chi connectivity index (χ0) is 15.5. The standard InChI is InChI=1S/C16H23ClN2O2/c1-2-3-4-10-18-15(20)12-16(21)19-11-9-13-5-7-14(17)8-6-13/h5-8H,2-4,9-12H2,1H3,(H,18,20)(H,19,21). The maximum absolute atomic E-state index is 11.6. The zero-order valence-electron chi connectivity index (χ0n) is 12.5. The van der Waals surface area contributed by atoms with Crippen LogP contribution in [-0.4, -0.2) is 24.9 Å². The van der Waals surface area contributed by atoms with Gasteiger partial charge in [-0.1, -0.05) is 43.5 Å². The molecule has 0 spiro atoms. The van der Waals surface area contributed by atoms with Crippen molar-refractivity contribution in [1.82, 2.24) is 10.6 Å². The lowest BCUT2D eigenvalue weighted by atomic mass is 10.1. The number of rotatable bonds is 9. The van der Waals surface area contributed by atoms with Crippen LogP contribution in [0.1, 0.15) is 38.2 Å². The van der Waals surface area contributed by atoms with Crippen LogP contribution in [0.5, 0.6) is 0 Å². The first-order chi connectivity index (χ1) is 10.1. The molecule has 0 fully saturated rings. The lowest BCUT2D eigenvalue weighted by molar-refractivity contribution is -0.129. The molecule has 0 aliphatic heterocycles. The van der Waals surface area contributed by atoms with E-state index in [9.17, 15) is 9.59 Å². The Hall–Kier alpha value is -1.55. The van der Waals surface area contributed by atoms with E-state index < -0.39 is 0 Å². The molecule has 5 heteroatoms. The Bertz CT molecular complexity index is 446.